The van der Waals surface area contributed by atoms with Crippen molar-refractivity contribution in [3.05, 3.63) is 114 Å². The molecule has 0 aromatic heterocycles. The first-order valence-corrected chi connectivity index (χ1v) is 11.6. The van der Waals surface area contributed by atoms with E-state index in [1.54, 1.807) is 24.3 Å². The lowest BCUT2D eigenvalue weighted by Crippen LogP contribution is -2.48. The van der Waals surface area contributed by atoms with Gasteiger partial charge in [-0.15, -0.1) is 0 Å². The number of ether oxygens (including phenoxy) is 1. The molecule has 176 valence electrons. The summed E-state index contributed by atoms with van der Waals surface area (Å²) in [5, 5.41) is 4.65. The van der Waals surface area contributed by atoms with Gasteiger partial charge in [0.05, 0.1) is 13.0 Å². The number of rotatable bonds is 7. The van der Waals surface area contributed by atoms with Crippen molar-refractivity contribution >= 4 is 39.9 Å². The number of thiocarbonyl (C=S) groups is 1. The summed E-state index contributed by atoms with van der Waals surface area (Å²) in [7, 11) is 0. The summed E-state index contributed by atoms with van der Waals surface area (Å²) in [6.45, 7) is 0.498. The number of hydrazine groups is 1. The van der Waals surface area contributed by atoms with Crippen LogP contribution in [-0.4, -0.2) is 23.5 Å². The van der Waals surface area contributed by atoms with Gasteiger partial charge in [0.2, 0.25) is 5.91 Å². The molecule has 0 saturated heterocycles. The van der Waals surface area contributed by atoms with E-state index in [1.165, 1.54) is 5.56 Å². The summed E-state index contributed by atoms with van der Waals surface area (Å²) in [6.07, 6.45) is 0.941. The minimum atomic E-state index is -0.403. The van der Waals surface area contributed by atoms with Gasteiger partial charge in [0.25, 0.3) is 5.91 Å². The average Bonchev–Trinajstić information content (AvgIpc) is 2.88. The van der Waals surface area contributed by atoms with E-state index in [0.717, 1.165) is 22.8 Å². The second kappa shape index (κ2) is 11.8. The van der Waals surface area contributed by atoms with Gasteiger partial charge in [-0.2, -0.15) is 0 Å². The van der Waals surface area contributed by atoms with Crippen molar-refractivity contribution in [2.24, 2.45) is 0 Å². The zero-order valence-electron chi connectivity index (χ0n) is 19.0. The van der Waals surface area contributed by atoms with Gasteiger partial charge in [0, 0.05) is 12.0 Å². The molecule has 4 aromatic rings. The van der Waals surface area contributed by atoms with Crippen molar-refractivity contribution < 1.29 is 14.3 Å². The van der Waals surface area contributed by atoms with Gasteiger partial charge in [0.1, 0.15) is 5.75 Å². The Hall–Kier alpha value is -4.23. The zero-order valence-corrected chi connectivity index (χ0v) is 19.8. The Morgan fingerprint density at radius 3 is 2.40 bits per heavy atom. The molecule has 6 nitrogen and oxygen atoms in total. The summed E-state index contributed by atoms with van der Waals surface area (Å²) in [6, 6.07) is 30.6. The normalized spacial score (nSPS) is 10.4. The van der Waals surface area contributed by atoms with E-state index in [0.29, 0.717) is 17.9 Å². The molecule has 0 atom stereocenters. The molecule has 0 saturated carbocycles. The lowest BCUT2D eigenvalue weighted by atomic mass is 10.0. The van der Waals surface area contributed by atoms with E-state index in [-0.39, 0.29) is 17.4 Å². The lowest BCUT2D eigenvalue weighted by molar-refractivity contribution is -0.121. The highest BCUT2D eigenvalue weighted by molar-refractivity contribution is 7.80. The molecular formula is C28H25N3O3S. The number of hydrogen-bond acceptors (Lipinski definition) is 4. The quantitative estimate of drug-likeness (QED) is 0.269. The van der Waals surface area contributed by atoms with Gasteiger partial charge in [-0.1, -0.05) is 78.9 Å². The Kier molecular flexibility index (Phi) is 8.04. The van der Waals surface area contributed by atoms with Crippen molar-refractivity contribution in [2.75, 3.05) is 6.61 Å². The SMILES string of the molecule is O=C(Cc1cccc2ccccc12)NNC(=S)NC(=O)c1cccc(OCCc2ccccc2)c1. The van der Waals surface area contributed by atoms with E-state index >= 15 is 0 Å². The average molecular weight is 484 g/mol. The fourth-order valence-electron chi connectivity index (χ4n) is 3.66. The Morgan fingerprint density at radius 2 is 1.54 bits per heavy atom. The predicted octanol–water partition coefficient (Wildman–Crippen LogP) is 4.34. The van der Waals surface area contributed by atoms with E-state index in [9.17, 15) is 9.59 Å². The number of carbonyl (C=O) groups is 2. The van der Waals surface area contributed by atoms with Gasteiger partial charge in [0.15, 0.2) is 5.11 Å². The standard InChI is InChI=1S/C28H25N3O3S/c32-26(19-22-12-6-11-21-10-4-5-15-25(21)22)30-31-28(35)29-27(33)23-13-7-14-24(18-23)34-17-16-20-8-2-1-3-9-20/h1-15,18H,16-17,19H2,(H,30,32)(H2,29,31,33,35). The second-order valence-corrected chi connectivity index (χ2v) is 8.29. The van der Waals surface area contributed by atoms with Gasteiger partial charge >= 0.3 is 0 Å². The first kappa shape index (κ1) is 23.9. The Bertz CT molecular complexity index is 1340. The van der Waals surface area contributed by atoms with Crippen LogP contribution in [0.4, 0.5) is 0 Å². The van der Waals surface area contributed by atoms with Crippen molar-refractivity contribution in [3.8, 4) is 5.75 Å². The molecule has 0 aliphatic rings. The first-order valence-electron chi connectivity index (χ1n) is 11.2. The third kappa shape index (κ3) is 6.88. The molecule has 4 aromatic carbocycles. The summed E-state index contributed by atoms with van der Waals surface area (Å²) >= 11 is 5.16. The van der Waals surface area contributed by atoms with Gasteiger partial charge < -0.3 is 4.74 Å². The van der Waals surface area contributed by atoms with E-state index in [1.807, 2.05) is 72.8 Å². The van der Waals surface area contributed by atoms with Crippen molar-refractivity contribution in [3.63, 3.8) is 0 Å². The highest BCUT2D eigenvalue weighted by atomic mass is 32.1. The van der Waals surface area contributed by atoms with Gasteiger partial charge in [-0.3, -0.25) is 25.8 Å². The molecule has 2 amide bonds. The molecule has 4 rings (SSSR count). The van der Waals surface area contributed by atoms with E-state index < -0.39 is 5.91 Å². The third-order valence-corrected chi connectivity index (χ3v) is 5.58. The smallest absolute Gasteiger partial charge is 0.257 e. The minimum absolute atomic E-state index is 0.00308. The summed E-state index contributed by atoms with van der Waals surface area (Å²) in [5.74, 6) is -0.0815. The molecule has 0 spiro atoms. The fourth-order valence-corrected chi connectivity index (χ4v) is 3.80. The zero-order chi connectivity index (χ0) is 24.5. The number of fused-ring (bicyclic) bond motifs is 1. The molecular weight excluding hydrogens is 458 g/mol. The largest absolute Gasteiger partial charge is 0.493 e. The number of nitrogens with one attached hydrogen (secondary N) is 3. The Balaban J connectivity index is 1.24. The van der Waals surface area contributed by atoms with Crippen LogP contribution in [0.5, 0.6) is 5.75 Å². The van der Waals surface area contributed by atoms with Crippen LogP contribution in [-0.2, 0) is 17.6 Å². The van der Waals surface area contributed by atoms with Crippen LogP contribution < -0.4 is 20.9 Å². The van der Waals surface area contributed by atoms with Crippen LogP contribution in [0.2, 0.25) is 0 Å². The van der Waals surface area contributed by atoms with Crippen LogP contribution >= 0.6 is 12.2 Å². The number of carbonyl (C=O) groups excluding carboxylic acids is 2. The third-order valence-electron chi connectivity index (χ3n) is 5.37. The number of hydrogen-bond donors (Lipinski definition) is 3. The summed E-state index contributed by atoms with van der Waals surface area (Å²) < 4.78 is 5.79. The van der Waals surface area contributed by atoms with Crippen LogP contribution in [0.15, 0.2) is 97.1 Å². The minimum Gasteiger partial charge on any atom is -0.493 e. The Labute approximate surface area is 209 Å². The monoisotopic (exact) mass is 483 g/mol. The van der Waals surface area contributed by atoms with Crippen LogP contribution in [0.3, 0.4) is 0 Å². The summed E-state index contributed by atoms with van der Waals surface area (Å²) in [5.41, 5.74) is 7.61. The molecule has 0 bridgehead atoms. The molecule has 35 heavy (non-hydrogen) atoms. The number of benzene rings is 4. The predicted molar refractivity (Wildman–Crippen MR) is 141 cm³/mol. The fraction of sp³-hybridized carbons (Fsp3) is 0.107. The highest BCUT2D eigenvalue weighted by Gasteiger charge is 2.11. The maximum atomic E-state index is 12.6. The van der Waals surface area contributed by atoms with Gasteiger partial charge in [-0.25, -0.2) is 0 Å². The molecule has 0 aliphatic heterocycles. The number of amides is 2. The summed E-state index contributed by atoms with van der Waals surface area (Å²) in [4.78, 5) is 25.0. The molecule has 0 heterocycles. The van der Waals surface area contributed by atoms with Crippen LogP contribution in [0, 0.1) is 0 Å². The van der Waals surface area contributed by atoms with E-state index in [4.69, 9.17) is 17.0 Å². The lowest BCUT2D eigenvalue weighted by Gasteiger charge is -2.12. The topological polar surface area (TPSA) is 79.5 Å². The highest BCUT2D eigenvalue weighted by Crippen LogP contribution is 2.19. The maximum absolute atomic E-state index is 12.6. The molecule has 0 fully saturated rings. The molecule has 3 N–H and O–H groups in total. The second-order valence-electron chi connectivity index (χ2n) is 7.88. The van der Waals surface area contributed by atoms with Crippen molar-refractivity contribution in [2.45, 2.75) is 12.8 Å². The molecule has 7 heteroatoms. The van der Waals surface area contributed by atoms with Gasteiger partial charge in [-0.05, 0) is 52.3 Å². The van der Waals surface area contributed by atoms with Crippen LogP contribution in [0.1, 0.15) is 21.5 Å². The van der Waals surface area contributed by atoms with Crippen molar-refractivity contribution in [1.82, 2.24) is 16.2 Å². The molecule has 0 unspecified atom stereocenters. The van der Waals surface area contributed by atoms with E-state index in [2.05, 4.69) is 16.2 Å². The van der Waals surface area contributed by atoms with Crippen molar-refractivity contribution in [1.29, 1.82) is 0 Å². The molecule has 0 aliphatic carbocycles. The maximum Gasteiger partial charge on any atom is 0.257 e. The first-order chi connectivity index (χ1) is 17.1. The van der Waals surface area contributed by atoms with Crippen LogP contribution in [0.25, 0.3) is 10.8 Å². The Morgan fingerprint density at radius 1 is 0.800 bits per heavy atom. The molecule has 0 radical (unpaired) electrons.